The van der Waals surface area contributed by atoms with Gasteiger partial charge in [-0.1, -0.05) is 0 Å². The Hall–Kier alpha value is -2.83. The van der Waals surface area contributed by atoms with Gasteiger partial charge in [-0.25, -0.2) is 14.8 Å². The lowest BCUT2D eigenvalue weighted by Crippen LogP contribution is -2.59. The van der Waals surface area contributed by atoms with Crippen molar-refractivity contribution in [2.75, 3.05) is 25.1 Å². The molecule has 4 rings (SSSR count). The minimum absolute atomic E-state index is 0.0671. The lowest BCUT2D eigenvalue weighted by molar-refractivity contribution is -0.385. The molecule has 3 aliphatic rings. The van der Waals surface area contributed by atoms with Gasteiger partial charge < -0.3 is 9.64 Å². The molecule has 3 heterocycles. The van der Waals surface area contributed by atoms with Gasteiger partial charge in [-0.05, 0) is 37.1 Å². The Bertz CT molecular complexity index is 977. The molecule has 0 spiro atoms. The molecule has 0 aliphatic carbocycles. The highest BCUT2D eigenvalue weighted by molar-refractivity contribution is 8.15. The summed E-state index contributed by atoms with van der Waals surface area (Å²) in [6.45, 7) is 0.926. The van der Waals surface area contributed by atoms with Gasteiger partial charge >= 0.3 is 17.8 Å². The fourth-order valence-corrected chi connectivity index (χ4v) is 4.63. The van der Waals surface area contributed by atoms with E-state index in [9.17, 15) is 28.1 Å². The van der Waals surface area contributed by atoms with Crippen molar-refractivity contribution < 1.29 is 27.6 Å². The number of hydrogen-bond acceptors (Lipinski definition) is 9. The number of likely N-dealkylation sites (tertiary alicyclic amines) is 1. The molecular formula is C17H16F3N5O4S. The van der Waals surface area contributed by atoms with E-state index in [1.165, 1.54) is 23.1 Å². The summed E-state index contributed by atoms with van der Waals surface area (Å²) in [6, 6.07) is 3.98. The maximum Gasteiger partial charge on any atom is 0.446 e. The average Bonchev–Trinajstić information content (AvgIpc) is 3.09. The quantitative estimate of drug-likeness (QED) is 0.393. The molecule has 30 heavy (non-hydrogen) atoms. The zero-order valence-electron chi connectivity index (χ0n) is 15.7. The summed E-state index contributed by atoms with van der Waals surface area (Å²) in [7, 11) is 0.846. The fourth-order valence-electron chi connectivity index (χ4n) is 3.54. The van der Waals surface area contributed by atoms with Crippen LogP contribution in [0.15, 0.2) is 33.1 Å². The highest BCUT2D eigenvalue weighted by atomic mass is 32.2. The molecule has 0 unspecified atom stereocenters. The molecule has 1 saturated heterocycles. The molecule has 1 atom stereocenters. The highest BCUT2D eigenvalue weighted by Crippen LogP contribution is 2.48. The number of thioether (sulfide) groups is 1. The second-order valence-electron chi connectivity index (χ2n) is 6.86. The maximum atomic E-state index is 14.1. The predicted molar refractivity (Wildman–Crippen MR) is 103 cm³/mol. The summed E-state index contributed by atoms with van der Waals surface area (Å²) in [5.74, 6) is -1.71. The van der Waals surface area contributed by atoms with Crippen molar-refractivity contribution in [3.05, 3.63) is 28.3 Å². The molecule has 9 nitrogen and oxygen atoms in total. The molecule has 0 amide bonds. The van der Waals surface area contributed by atoms with E-state index in [0.717, 1.165) is 38.1 Å². The number of anilines is 1. The Morgan fingerprint density at radius 2 is 1.97 bits per heavy atom. The normalized spacial score (nSPS) is 23.3. The molecule has 0 radical (unpaired) electrons. The Labute approximate surface area is 172 Å². The van der Waals surface area contributed by atoms with E-state index in [-0.39, 0.29) is 16.8 Å². The number of guanidine groups is 1. The second-order valence-corrected chi connectivity index (χ2v) is 7.87. The Kier molecular flexibility index (Phi) is 4.87. The van der Waals surface area contributed by atoms with Crippen molar-refractivity contribution in [3.8, 4) is 0 Å². The molecular weight excluding hydrogens is 427 g/mol. The number of amidine groups is 1. The minimum atomic E-state index is -5.14. The largest absolute Gasteiger partial charge is 0.465 e. The number of aliphatic imine (C=N–C) groups is 2. The number of esters is 1. The van der Waals surface area contributed by atoms with Gasteiger partial charge in [-0.2, -0.15) is 13.2 Å². The number of carbonyl (C=O) groups is 1. The summed E-state index contributed by atoms with van der Waals surface area (Å²) in [6.07, 6.45) is -2.68. The van der Waals surface area contributed by atoms with Crippen molar-refractivity contribution in [1.82, 2.24) is 4.90 Å². The number of hydrogen-bond donors (Lipinski definition) is 0. The number of nitro groups is 1. The summed E-state index contributed by atoms with van der Waals surface area (Å²) < 4.78 is 46.7. The van der Waals surface area contributed by atoms with E-state index < -0.39 is 22.7 Å². The molecule has 13 heteroatoms. The first-order valence-corrected chi connectivity index (χ1v) is 9.86. The van der Waals surface area contributed by atoms with Crippen molar-refractivity contribution in [3.63, 3.8) is 0 Å². The number of ether oxygens (including phenoxy) is 1. The van der Waals surface area contributed by atoms with Gasteiger partial charge in [0.05, 0.1) is 17.7 Å². The van der Waals surface area contributed by atoms with Crippen molar-refractivity contribution in [1.29, 1.82) is 0 Å². The van der Waals surface area contributed by atoms with Crippen LogP contribution in [0, 0.1) is 10.1 Å². The van der Waals surface area contributed by atoms with Crippen molar-refractivity contribution >= 4 is 40.2 Å². The summed E-state index contributed by atoms with van der Waals surface area (Å²) in [4.78, 5) is 33.7. The fraction of sp³-hybridized carbons (Fsp3) is 0.471. The van der Waals surface area contributed by atoms with E-state index in [1.807, 2.05) is 0 Å². The number of nitro benzene ring substituents is 1. The van der Waals surface area contributed by atoms with Gasteiger partial charge in [-0.3, -0.25) is 15.0 Å². The monoisotopic (exact) mass is 443 g/mol. The van der Waals surface area contributed by atoms with Crippen molar-refractivity contribution in [2.24, 2.45) is 9.98 Å². The number of halogens is 3. The Morgan fingerprint density at radius 3 is 2.57 bits per heavy atom. The molecule has 3 aliphatic heterocycles. The molecule has 1 aromatic rings. The number of fused-ring (bicyclic) bond motifs is 3. The Morgan fingerprint density at radius 1 is 1.27 bits per heavy atom. The molecule has 1 aromatic carbocycles. The van der Waals surface area contributed by atoms with E-state index in [4.69, 9.17) is 0 Å². The summed E-state index contributed by atoms with van der Waals surface area (Å²) in [5, 5.41) is 11.0. The number of alkyl halides is 3. The van der Waals surface area contributed by atoms with Crippen LogP contribution in [-0.4, -0.2) is 59.0 Å². The number of rotatable bonds is 2. The van der Waals surface area contributed by atoms with Crippen LogP contribution in [0.2, 0.25) is 0 Å². The number of nitrogens with zero attached hydrogens (tertiary/aromatic N) is 5. The highest BCUT2D eigenvalue weighted by Gasteiger charge is 2.66. The molecule has 0 bridgehead atoms. The van der Waals surface area contributed by atoms with E-state index in [1.54, 1.807) is 4.90 Å². The van der Waals surface area contributed by atoms with Gasteiger partial charge in [0.1, 0.15) is 0 Å². The smallest absolute Gasteiger partial charge is 0.446 e. The van der Waals surface area contributed by atoms with Crippen LogP contribution in [0.3, 0.4) is 0 Å². The number of carbonyl (C=O) groups excluding carboxylic acids is 1. The third kappa shape index (κ3) is 3.07. The third-order valence-corrected chi connectivity index (χ3v) is 6.01. The summed E-state index contributed by atoms with van der Waals surface area (Å²) in [5.41, 5.74) is -3.20. The first-order valence-electron chi connectivity index (χ1n) is 9.04. The van der Waals surface area contributed by atoms with Gasteiger partial charge in [0.2, 0.25) is 5.96 Å². The summed E-state index contributed by atoms with van der Waals surface area (Å²) >= 11 is 0.822. The van der Waals surface area contributed by atoms with Crippen LogP contribution in [0.4, 0.5) is 24.5 Å². The van der Waals surface area contributed by atoms with Gasteiger partial charge in [0.15, 0.2) is 5.17 Å². The van der Waals surface area contributed by atoms with Crippen LogP contribution in [0.5, 0.6) is 0 Å². The predicted octanol–water partition coefficient (Wildman–Crippen LogP) is 3.15. The molecule has 0 saturated carbocycles. The van der Waals surface area contributed by atoms with Crippen LogP contribution in [0.1, 0.15) is 19.3 Å². The molecule has 0 aromatic heterocycles. The number of benzene rings is 1. The zero-order valence-corrected chi connectivity index (χ0v) is 16.5. The lowest BCUT2D eigenvalue weighted by Gasteiger charge is -2.39. The van der Waals surface area contributed by atoms with Crippen LogP contribution >= 0.6 is 11.8 Å². The van der Waals surface area contributed by atoms with E-state index in [2.05, 4.69) is 14.7 Å². The first-order chi connectivity index (χ1) is 14.2. The topological polar surface area (TPSA) is 101 Å². The number of methoxy groups -OCH3 is 1. The van der Waals surface area contributed by atoms with Gasteiger partial charge in [0, 0.05) is 30.1 Å². The van der Waals surface area contributed by atoms with Gasteiger partial charge in [-0.15, -0.1) is 0 Å². The lowest BCUT2D eigenvalue weighted by atomic mass is 10.1. The Balaban J connectivity index is 1.90. The molecule has 0 N–H and O–H groups in total. The minimum Gasteiger partial charge on any atom is -0.465 e. The molecule has 160 valence electrons. The van der Waals surface area contributed by atoms with E-state index >= 15 is 0 Å². The standard InChI is InChI=1S/C17H16F3N5O4S/c1-29-13(26)16(17(18,19)20)21-14(23-7-3-2-4-8-23)24-11-6-5-10(25(27)28)9-12(11)30-15(24)22-16/h5-6,9H,2-4,7-8H2,1H3/t16-/m0/s1. The van der Waals surface area contributed by atoms with Gasteiger partial charge in [0.25, 0.3) is 5.69 Å². The number of non-ortho nitro benzene ring substituents is 1. The van der Waals surface area contributed by atoms with Crippen molar-refractivity contribution in [2.45, 2.75) is 36.0 Å². The maximum absolute atomic E-state index is 14.1. The molecule has 1 fully saturated rings. The first kappa shape index (κ1) is 20.4. The SMILES string of the molecule is COC(=O)[C@@]1(C(F)(F)F)N=C2Sc3cc([N+](=O)[O-])ccc3N2C(N2CCCCC2)=N1. The van der Waals surface area contributed by atoms with Crippen LogP contribution in [0.25, 0.3) is 0 Å². The third-order valence-electron chi connectivity index (χ3n) is 5.01. The van der Waals surface area contributed by atoms with E-state index in [0.29, 0.717) is 23.7 Å². The zero-order chi connectivity index (χ0) is 21.7. The van der Waals surface area contributed by atoms with Crippen LogP contribution in [-0.2, 0) is 9.53 Å². The second kappa shape index (κ2) is 7.15. The van der Waals surface area contributed by atoms with Crippen LogP contribution < -0.4 is 4.90 Å². The average molecular weight is 443 g/mol. The number of piperidine rings is 1.